The van der Waals surface area contributed by atoms with Gasteiger partial charge in [0.1, 0.15) is 17.9 Å². The highest BCUT2D eigenvalue weighted by molar-refractivity contribution is 6.38. The van der Waals surface area contributed by atoms with Gasteiger partial charge in [-0.3, -0.25) is 4.79 Å². The van der Waals surface area contributed by atoms with Crippen LogP contribution in [0.4, 0.5) is 0 Å². The molecule has 1 aliphatic heterocycles. The van der Waals surface area contributed by atoms with Crippen LogP contribution in [0.15, 0.2) is 53.1 Å². The minimum Gasteiger partial charge on any atom is -0.489 e. The van der Waals surface area contributed by atoms with E-state index in [1.807, 2.05) is 57.2 Å². The molecule has 5 rings (SSSR count). The van der Waals surface area contributed by atoms with Gasteiger partial charge in [0.2, 0.25) is 5.88 Å². The van der Waals surface area contributed by atoms with E-state index in [9.17, 15) is 4.79 Å². The van der Waals surface area contributed by atoms with Crippen LogP contribution in [0.3, 0.4) is 0 Å². The minimum atomic E-state index is -0.216. The van der Waals surface area contributed by atoms with Gasteiger partial charge < -0.3 is 18.8 Å². The molecule has 0 spiro atoms. The van der Waals surface area contributed by atoms with E-state index in [2.05, 4.69) is 0 Å². The molecular weight excluding hydrogens is 499 g/mol. The van der Waals surface area contributed by atoms with Crippen LogP contribution < -0.4 is 9.47 Å². The molecule has 2 aromatic heterocycles. The van der Waals surface area contributed by atoms with Gasteiger partial charge in [0.25, 0.3) is 5.91 Å². The number of fused-ring (bicyclic) bond motifs is 2. The first-order chi connectivity index (χ1) is 17.3. The van der Waals surface area contributed by atoms with E-state index in [1.165, 1.54) is 0 Å². The summed E-state index contributed by atoms with van der Waals surface area (Å²) < 4.78 is 17.8. The Morgan fingerprint density at radius 2 is 1.94 bits per heavy atom. The molecule has 6 nitrogen and oxygen atoms in total. The highest BCUT2D eigenvalue weighted by Gasteiger charge is 2.32. The van der Waals surface area contributed by atoms with Crippen molar-refractivity contribution in [1.29, 1.82) is 0 Å². The number of rotatable bonds is 7. The Balaban J connectivity index is 1.50. The van der Waals surface area contributed by atoms with Crippen molar-refractivity contribution in [2.24, 2.45) is 0 Å². The molecule has 0 N–H and O–H groups in total. The highest BCUT2D eigenvalue weighted by atomic mass is 35.5. The molecule has 0 saturated carbocycles. The zero-order valence-electron chi connectivity index (χ0n) is 20.3. The van der Waals surface area contributed by atoms with Crippen LogP contribution in [0.1, 0.15) is 46.6 Å². The Bertz CT molecular complexity index is 1430. The van der Waals surface area contributed by atoms with E-state index >= 15 is 0 Å². The smallest absolute Gasteiger partial charge is 0.256 e. The normalized spacial score (nSPS) is 13.4. The number of pyridine rings is 1. The third kappa shape index (κ3) is 4.63. The van der Waals surface area contributed by atoms with E-state index in [-0.39, 0.29) is 23.6 Å². The van der Waals surface area contributed by atoms with Crippen molar-refractivity contribution in [2.45, 2.75) is 46.4 Å². The van der Waals surface area contributed by atoms with Crippen LogP contribution in [0, 0.1) is 6.92 Å². The predicted octanol–water partition coefficient (Wildman–Crippen LogP) is 7.01. The molecule has 8 heteroatoms. The van der Waals surface area contributed by atoms with Crippen molar-refractivity contribution in [3.8, 4) is 11.6 Å². The summed E-state index contributed by atoms with van der Waals surface area (Å²) in [5, 5.41) is 1.65. The lowest BCUT2D eigenvalue weighted by Gasteiger charge is -2.31. The number of carbonyl (C=O) groups is 1. The second kappa shape index (κ2) is 10.0. The summed E-state index contributed by atoms with van der Waals surface area (Å²) in [6.45, 7) is 6.78. The molecule has 0 aliphatic carbocycles. The van der Waals surface area contributed by atoms with Gasteiger partial charge in [0, 0.05) is 23.0 Å². The zero-order valence-corrected chi connectivity index (χ0v) is 21.8. The first kappa shape index (κ1) is 24.5. The monoisotopic (exact) mass is 524 g/mol. The summed E-state index contributed by atoms with van der Waals surface area (Å²) in [4.78, 5) is 20.1. The van der Waals surface area contributed by atoms with E-state index in [4.69, 9.17) is 42.1 Å². The number of hydrogen-bond acceptors (Lipinski definition) is 5. The fourth-order valence-electron chi connectivity index (χ4n) is 4.49. The van der Waals surface area contributed by atoms with Crippen LogP contribution in [-0.4, -0.2) is 28.4 Å². The molecule has 0 unspecified atom stereocenters. The quantitative estimate of drug-likeness (QED) is 0.260. The third-order valence-electron chi connectivity index (χ3n) is 6.20. The lowest BCUT2D eigenvalue weighted by atomic mass is 9.97. The number of furan rings is 1. The largest absolute Gasteiger partial charge is 0.489 e. The molecule has 36 heavy (non-hydrogen) atoms. The third-order valence-corrected chi connectivity index (χ3v) is 6.92. The van der Waals surface area contributed by atoms with E-state index < -0.39 is 0 Å². The maximum atomic E-state index is 13.7. The maximum Gasteiger partial charge on any atom is 0.256 e. The zero-order chi connectivity index (χ0) is 25.4. The lowest BCUT2D eigenvalue weighted by molar-refractivity contribution is 0.0724. The number of aryl methyl sites for hydroxylation is 1. The second-order valence-corrected chi connectivity index (χ2v) is 9.87. The van der Waals surface area contributed by atoms with Crippen LogP contribution in [0.5, 0.6) is 11.6 Å². The van der Waals surface area contributed by atoms with Gasteiger partial charge in [-0.2, -0.15) is 0 Å². The topological polar surface area (TPSA) is 64.8 Å². The summed E-state index contributed by atoms with van der Waals surface area (Å²) in [5.41, 5.74) is 4.31. The van der Waals surface area contributed by atoms with Gasteiger partial charge in [0.15, 0.2) is 0 Å². The number of halogens is 2. The predicted molar refractivity (Wildman–Crippen MR) is 140 cm³/mol. The van der Waals surface area contributed by atoms with Gasteiger partial charge in [-0.25, -0.2) is 4.98 Å². The van der Waals surface area contributed by atoms with Gasteiger partial charge >= 0.3 is 0 Å². The number of nitrogens with zero attached hydrogens (tertiary/aromatic N) is 2. The van der Waals surface area contributed by atoms with E-state index in [0.717, 1.165) is 22.2 Å². The van der Waals surface area contributed by atoms with Crippen LogP contribution in [-0.2, 0) is 19.6 Å². The molecule has 1 amide bonds. The van der Waals surface area contributed by atoms with Crippen molar-refractivity contribution in [2.75, 3.05) is 6.54 Å². The number of benzene rings is 2. The molecule has 3 heterocycles. The maximum absolute atomic E-state index is 13.7. The van der Waals surface area contributed by atoms with Crippen LogP contribution in [0.2, 0.25) is 10.0 Å². The molecule has 186 valence electrons. The molecule has 0 atom stereocenters. The number of amides is 1. The molecular formula is C28H26Cl2N2O4. The molecule has 0 bridgehead atoms. The lowest BCUT2D eigenvalue weighted by Crippen LogP contribution is -2.37. The van der Waals surface area contributed by atoms with E-state index in [0.29, 0.717) is 52.9 Å². The summed E-state index contributed by atoms with van der Waals surface area (Å²) in [7, 11) is 0. The molecule has 0 fully saturated rings. The number of aromatic nitrogens is 1. The highest BCUT2D eigenvalue weighted by Crippen LogP contribution is 2.40. The minimum absolute atomic E-state index is 0.110. The summed E-state index contributed by atoms with van der Waals surface area (Å²) in [6.07, 6.45) is 2.09. The standard InChI is InChI=1S/C28H26Cl2N2O4/c1-16(2)36-23-13-22(29)20-9-11-32(28(33)24(20)25(23)30)14-21-26-19(10-12-34-26)17(3)31-27(21)35-15-18-7-5-4-6-8-18/h4-8,10,12-13,16H,9,11,14-15H2,1-3H3. The van der Waals surface area contributed by atoms with Crippen molar-refractivity contribution >= 4 is 40.1 Å². The number of hydrogen-bond donors (Lipinski definition) is 0. The van der Waals surface area contributed by atoms with Gasteiger partial charge in [0.05, 0.1) is 40.8 Å². The van der Waals surface area contributed by atoms with Gasteiger partial charge in [-0.05, 0) is 44.4 Å². The second-order valence-electron chi connectivity index (χ2n) is 9.09. The fraction of sp³-hybridized carbons (Fsp3) is 0.286. The average molecular weight is 525 g/mol. The van der Waals surface area contributed by atoms with Gasteiger partial charge in [-0.1, -0.05) is 53.5 Å². The number of carbonyl (C=O) groups excluding carboxylic acids is 1. The Hall–Kier alpha value is -3.22. The Morgan fingerprint density at radius 1 is 1.17 bits per heavy atom. The van der Waals surface area contributed by atoms with Crippen LogP contribution in [0.25, 0.3) is 11.0 Å². The van der Waals surface area contributed by atoms with Gasteiger partial charge in [-0.15, -0.1) is 0 Å². The van der Waals surface area contributed by atoms with Crippen molar-refractivity contribution in [3.63, 3.8) is 0 Å². The first-order valence-corrected chi connectivity index (χ1v) is 12.6. The first-order valence-electron chi connectivity index (χ1n) is 11.8. The fourth-order valence-corrected chi connectivity index (χ4v) is 5.07. The number of ether oxygens (including phenoxy) is 2. The van der Waals surface area contributed by atoms with Crippen molar-refractivity contribution in [3.05, 3.63) is 86.7 Å². The SMILES string of the molecule is Cc1nc(OCc2ccccc2)c(CN2CCc3c(Cl)cc(OC(C)C)c(Cl)c3C2=O)c2occc12. The van der Waals surface area contributed by atoms with Crippen molar-refractivity contribution < 1.29 is 18.7 Å². The Morgan fingerprint density at radius 3 is 2.69 bits per heavy atom. The summed E-state index contributed by atoms with van der Waals surface area (Å²) in [5.74, 6) is 0.632. The average Bonchev–Trinajstić information content (AvgIpc) is 3.35. The Kier molecular flexibility index (Phi) is 6.82. The summed E-state index contributed by atoms with van der Waals surface area (Å²) in [6, 6.07) is 13.4. The molecule has 0 saturated heterocycles. The van der Waals surface area contributed by atoms with Crippen LogP contribution >= 0.6 is 23.2 Å². The molecule has 0 radical (unpaired) electrons. The summed E-state index contributed by atoms with van der Waals surface area (Å²) >= 11 is 13.2. The molecule has 4 aromatic rings. The van der Waals surface area contributed by atoms with Crippen molar-refractivity contribution in [1.82, 2.24) is 9.88 Å². The molecule has 2 aromatic carbocycles. The Labute approximate surface area is 219 Å². The molecule has 1 aliphatic rings. The van der Waals surface area contributed by atoms with E-state index in [1.54, 1.807) is 17.2 Å².